The van der Waals surface area contributed by atoms with E-state index in [1.165, 1.54) is 0 Å². The zero-order valence-electron chi connectivity index (χ0n) is 12.1. The number of nitrogens with one attached hydrogen (secondary N) is 1. The SMILES string of the molecule is CCCC1NC2(CCCC2)C(=O)N1C1CCS(=O)(=O)C1. The lowest BCUT2D eigenvalue weighted by molar-refractivity contribution is -0.135. The van der Waals surface area contributed by atoms with Crippen molar-refractivity contribution >= 4 is 15.7 Å². The summed E-state index contributed by atoms with van der Waals surface area (Å²) >= 11 is 0. The minimum Gasteiger partial charge on any atom is -0.322 e. The molecule has 2 heterocycles. The summed E-state index contributed by atoms with van der Waals surface area (Å²) < 4.78 is 23.4. The van der Waals surface area contributed by atoms with E-state index in [-0.39, 0.29) is 35.2 Å². The Hall–Kier alpha value is -0.620. The molecule has 2 unspecified atom stereocenters. The van der Waals surface area contributed by atoms with Crippen LogP contribution in [0.1, 0.15) is 51.9 Å². The highest BCUT2D eigenvalue weighted by Crippen LogP contribution is 2.39. The van der Waals surface area contributed by atoms with Crippen LogP contribution in [-0.2, 0) is 14.6 Å². The average molecular weight is 300 g/mol. The van der Waals surface area contributed by atoms with Gasteiger partial charge in [-0.15, -0.1) is 0 Å². The smallest absolute Gasteiger partial charge is 0.244 e. The van der Waals surface area contributed by atoms with Crippen LogP contribution < -0.4 is 5.32 Å². The summed E-state index contributed by atoms with van der Waals surface area (Å²) in [6.07, 6.45) is 6.53. The van der Waals surface area contributed by atoms with Crippen molar-refractivity contribution in [3.63, 3.8) is 0 Å². The Kier molecular flexibility index (Phi) is 3.57. The Labute approximate surface area is 121 Å². The minimum atomic E-state index is -2.95. The predicted octanol–water partition coefficient (Wildman–Crippen LogP) is 1.04. The average Bonchev–Trinajstić information content (AvgIpc) is 3.03. The van der Waals surface area contributed by atoms with Crippen LogP contribution in [0.25, 0.3) is 0 Å². The Morgan fingerprint density at radius 2 is 2.05 bits per heavy atom. The number of hydrogen-bond donors (Lipinski definition) is 1. The Morgan fingerprint density at radius 1 is 1.35 bits per heavy atom. The predicted molar refractivity (Wildman–Crippen MR) is 76.9 cm³/mol. The standard InChI is InChI=1S/C14H24N2O3S/c1-2-5-12-15-14(7-3-4-8-14)13(17)16(12)11-6-9-20(18,19)10-11/h11-12,15H,2-10H2,1H3. The van der Waals surface area contributed by atoms with E-state index in [2.05, 4.69) is 12.2 Å². The van der Waals surface area contributed by atoms with Crippen molar-refractivity contribution in [2.24, 2.45) is 0 Å². The van der Waals surface area contributed by atoms with Gasteiger partial charge in [-0.2, -0.15) is 0 Å². The van der Waals surface area contributed by atoms with E-state index in [0.717, 1.165) is 38.5 Å². The van der Waals surface area contributed by atoms with E-state index in [1.807, 2.05) is 4.90 Å². The zero-order valence-corrected chi connectivity index (χ0v) is 12.9. The minimum absolute atomic E-state index is 0.0314. The van der Waals surface area contributed by atoms with Crippen molar-refractivity contribution < 1.29 is 13.2 Å². The molecule has 3 fully saturated rings. The number of carbonyl (C=O) groups excluding carboxylic acids is 1. The molecule has 3 aliphatic rings. The summed E-state index contributed by atoms with van der Waals surface area (Å²) in [5, 5.41) is 3.55. The molecule has 0 bridgehead atoms. The summed E-state index contributed by atoms with van der Waals surface area (Å²) in [4.78, 5) is 14.8. The second kappa shape index (κ2) is 4.98. The molecule has 0 aromatic carbocycles. The van der Waals surface area contributed by atoms with Crippen LogP contribution in [0, 0.1) is 0 Å². The maximum absolute atomic E-state index is 12.9. The fourth-order valence-corrected chi connectivity index (χ4v) is 5.79. The van der Waals surface area contributed by atoms with Gasteiger partial charge in [0.1, 0.15) is 0 Å². The summed E-state index contributed by atoms with van der Waals surface area (Å²) in [5.41, 5.74) is -0.383. The van der Waals surface area contributed by atoms with Gasteiger partial charge in [0.2, 0.25) is 5.91 Å². The molecular formula is C14H24N2O3S. The zero-order chi connectivity index (χ0) is 14.4. The number of hydrogen-bond acceptors (Lipinski definition) is 4. The van der Waals surface area contributed by atoms with E-state index < -0.39 is 9.84 Å². The first kappa shape index (κ1) is 14.3. The van der Waals surface area contributed by atoms with Gasteiger partial charge in [0.15, 0.2) is 9.84 Å². The van der Waals surface area contributed by atoms with Crippen molar-refractivity contribution in [1.29, 1.82) is 0 Å². The van der Waals surface area contributed by atoms with Crippen LogP contribution in [-0.4, -0.2) is 48.5 Å². The van der Waals surface area contributed by atoms with Crippen LogP contribution in [0.15, 0.2) is 0 Å². The Bertz CT molecular complexity index is 497. The molecule has 1 aliphatic carbocycles. The quantitative estimate of drug-likeness (QED) is 0.846. The maximum Gasteiger partial charge on any atom is 0.244 e. The summed E-state index contributed by atoms with van der Waals surface area (Å²) in [6.45, 7) is 2.11. The van der Waals surface area contributed by atoms with Crippen molar-refractivity contribution in [3.05, 3.63) is 0 Å². The van der Waals surface area contributed by atoms with Crippen LogP contribution in [0.3, 0.4) is 0 Å². The molecule has 2 aliphatic heterocycles. The first-order chi connectivity index (χ1) is 9.47. The summed E-state index contributed by atoms with van der Waals surface area (Å²) in [5.74, 6) is 0.542. The van der Waals surface area contributed by atoms with Crippen LogP contribution in [0.2, 0.25) is 0 Å². The molecule has 1 amide bonds. The molecular weight excluding hydrogens is 276 g/mol. The van der Waals surface area contributed by atoms with Gasteiger partial charge in [-0.3, -0.25) is 10.1 Å². The van der Waals surface area contributed by atoms with Gasteiger partial charge in [-0.05, 0) is 25.7 Å². The van der Waals surface area contributed by atoms with Crippen molar-refractivity contribution in [1.82, 2.24) is 10.2 Å². The van der Waals surface area contributed by atoms with Crippen molar-refractivity contribution in [2.75, 3.05) is 11.5 Å². The molecule has 0 radical (unpaired) electrons. The fourth-order valence-electron chi connectivity index (χ4n) is 4.08. The van der Waals surface area contributed by atoms with E-state index in [9.17, 15) is 13.2 Å². The molecule has 0 aromatic rings. The third-order valence-electron chi connectivity index (χ3n) is 5.04. The van der Waals surface area contributed by atoms with Gasteiger partial charge in [-0.25, -0.2) is 8.42 Å². The molecule has 20 heavy (non-hydrogen) atoms. The molecule has 5 nitrogen and oxygen atoms in total. The van der Waals surface area contributed by atoms with E-state index >= 15 is 0 Å². The Balaban J connectivity index is 1.85. The maximum atomic E-state index is 12.9. The van der Waals surface area contributed by atoms with Gasteiger partial charge < -0.3 is 4.90 Å². The Morgan fingerprint density at radius 3 is 2.60 bits per heavy atom. The summed E-state index contributed by atoms with van der Waals surface area (Å²) in [6, 6.07) is -0.114. The fraction of sp³-hybridized carbons (Fsp3) is 0.929. The van der Waals surface area contributed by atoms with Gasteiger partial charge in [0.05, 0.1) is 23.2 Å². The molecule has 2 atom stereocenters. The molecule has 1 spiro atoms. The second-order valence-corrected chi connectivity index (χ2v) is 8.74. The lowest BCUT2D eigenvalue weighted by atomic mass is 9.97. The van der Waals surface area contributed by atoms with Crippen LogP contribution >= 0.6 is 0 Å². The molecule has 1 saturated carbocycles. The van der Waals surface area contributed by atoms with Gasteiger partial charge in [0.25, 0.3) is 0 Å². The normalized spacial score (nSPS) is 35.2. The van der Waals surface area contributed by atoms with Crippen LogP contribution in [0.4, 0.5) is 0 Å². The van der Waals surface area contributed by atoms with Gasteiger partial charge in [-0.1, -0.05) is 26.2 Å². The number of carbonyl (C=O) groups is 1. The van der Waals surface area contributed by atoms with E-state index in [4.69, 9.17) is 0 Å². The summed E-state index contributed by atoms with van der Waals surface area (Å²) in [7, 11) is -2.95. The molecule has 1 N–H and O–H groups in total. The lowest BCUT2D eigenvalue weighted by Gasteiger charge is -2.29. The number of amides is 1. The first-order valence-corrected chi connectivity index (χ1v) is 9.60. The van der Waals surface area contributed by atoms with Gasteiger partial charge in [0, 0.05) is 6.04 Å². The number of nitrogens with zero attached hydrogens (tertiary/aromatic N) is 1. The van der Waals surface area contributed by atoms with E-state index in [0.29, 0.717) is 6.42 Å². The van der Waals surface area contributed by atoms with E-state index in [1.54, 1.807) is 0 Å². The van der Waals surface area contributed by atoms with Crippen molar-refractivity contribution in [2.45, 2.75) is 69.6 Å². The highest BCUT2D eigenvalue weighted by atomic mass is 32.2. The molecule has 6 heteroatoms. The topological polar surface area (TPSA) is 66.5 Å². The first-order valence-electron chi connectivity index (χ1n) is 7.78. The monoisotopic (exact) mass is 300 g/mol. The van der Waals surface area contributed by atoms with Gasteiger partial charge >= 0.3 is 0 Å². The number of rotatable bonds is 3. The third-order valence-corrected chi connectivity index (χ3v) is 6.79. The van der Waals surface area contributed by atoms with Crippen molar-refractivity contribution in [3.8, 4) is 0 Å². The molecule has 0 aromatic heterocycles. The molecule has 114 valence electrons. The second-order valence-electron chi connectivity index (χ2n) is 6.51. The third kappa shape index (κ3) is 2.26. The molecule has 3 rings (SSSR count). The highest BCUT2D eigenvalue weighted by molar-refractivity contribution is 7.91. The number of sulfone groups is 1. The highest BCUT2D eigenvalue weighted by Gasteiger charge is 2.54. The largest absolute Gasteiger partial charge is 0.322 e. The van der Waals surface area contributed by atoms with Crippen LogP contribution in [0.5, 0.6) is 0 Å². The lowest BCUT2D eigenvalue weighted by Crippen LogP contribution is -2.46. The molecule has 2 saturated heterocycles.